The highest BCUT2D eigenvalue weighted by atomic mass is 19.2. The number of hydrogen-bond acceptors (Lipinski definition) is 11. The number of nitrogens with zero attached hydrogens (tertiary/aromatic N) is 1. The second-order valence-electron chi connectivity index (χ2n) is 11.2. The molecule has 4 rings (SSSR count). The molecule has 0 bridgehead atoms. The summed E-state index contributed by atoms with van der Waals surface area (Å²) < 4.78 is 96.1. The first-order chi connectivity index (χ1) is 23.7. The van der Waals surface area contributed by atoms with Crippen molar-refractivity contribution in [3.05, 3.63) is 88.5 Å². The van der Waals surface area contributed by atoms with Gasteiger partial charge in [0.25, 0.3) is 5.91 Å². The molecule has 3 aromatic rings. The summed E-state index contributed by atoms with van der Waals surface area (Å²) in [6.45, 7) is 3.68. The Balaban J connectivity index is 1.64. The summed E-state index contributed by atoms with van der Waals surface area (Å²) in [7, 11) is 1.03. The maximum Gasteiger partial charge on any atom is 0.349 e. The zero-order chi connectivity index (χ0) is 36.9. The van der Waals surface area contributed by atoms with E-state index in [1.807, 2.05) is 0 Å². The first kappa shape index (κ1) is 37.2. The second kappa shape index (κ2) is 15.7. The molecule has 0 radical (unpaired) electrons. The topological polar surface area (TPSA) is 156 Å². The van der Waals surface area contributed by atoms with Crippen LogP contribution in [-0.2, 0) is 35.0 Å². The van der Waals surface area contributed by atoms with Gasteiger partial charge in [-0.25, -0.2) is 36.5 Å². The Bertz CT molecular complexity index is 1780. The Morgan fingerprint density at radius 2 is 1.56 bits per heavy atom. The van der Waals surface area contributed by atoms with Gasteiger partial charge >= 0.3 is 23.9 Å². The molecule has 1 fully saturated rings. The van der Waals surface area contributed by atoms with Crippen molar-refractivity contribution in [1.82, 2.24) is 10.3 Å². The summed E-state index contributed by atoms with van der Waals surface area (Å²) in [5, 5.41) is 2.19. The SMILES string of the molecule is COc1ccnc(C(=O)N[C@H]2COC(=O)[C@H](Cc3ccccc3)[C@@H](OC(=O)C(C)C)[C@H](C)OC2=O)c1OC(=O)c1c(F)c(F)c(F)c(F)c1F. The molecular formula is C33H29F5N2O10. The Hall–Kier alpha value is -5.61. The van der Waals surface area contributed by atoms with Crippen LogP contribution in [0.15, 0.2) is 42.6 Å². The number of halogens is 5. The quantitative estimate of drug-likeness (QED) is 0.113. The number of carbonyl (C=O) groups excluding carboxylic acids is 5. The molecule has 0 saturated carbocycles. The predicted octanol–water partition coefficient (Wildman–Crippen LogP) is 4.02. The normalized spacial score (nSPS) is 19.3. The van der Waals surface area contributed by atoms with Crippen LogP contribution >= 0.6 is 0 Å². The Morgan fingerprint density at radius 3 is 2.16 bits per heavy atom. The number of methoxy groups -OCH3 is 1. The minimum Gasteiger partial charge on any atom is -0.493 e. The number of amides is 1. The fraction of sp³-hybridized carbons (Fsp3) is 0.333. The van der Waals surface area contributed by atoms with E-state index in [9.17, 15) is 45.9 Å². The minimum atomic E-state index is -2.52. The maximum atomic E-state index is 14.3. The van der Waals surface area contributed by atoms with E-state index in [2.05, 4.69) is 10.3 Å². The van der Waals surface area contributed by atoms with Crippen LogP contribution in [0.5, 0.6) is 11.5 Å². The molecule has 0 spiro atoms. The van der Waals surface area contributed by atoms with Crippen LogP contribution in [0.1, 0.15) is 47.2 Å². The molecular weight excluding hydrogens is 679 g/mol. The van der Waals surface area contributed by atoms with Gasteiger partial charge in [0.05, 0.1) is 13.0 Å². The summed E-state index contributed by atoms with van der Waals surface area (Å²) in [6.07, 6.45) is -1.59. The minimum absolute atomic E-state index is 0.0140. The summed E-state index contributed by atoms with van der Waals surface area (Å²) in [4.78, 5) is 69.2. The standard InChI is InChI=1S/C33H29F5N2O10/c1-14(2)30(42)49-27-15(3)48-32(44)18(13-47-31(43)17(27)12-16-8-6-5-7-9-16)40-29(41)26-28(19(46-4)10-11-39-26)50-33(45)20-21(34)23(36)25(38)24(37)22(20)35/h5-11,14-15,17-18,27H,12-13H2,1-4H3,(H,40,41)/t15-,17+,18-,27-/m0/s1. The molecule has 1 amide bonds. The maximum absolute atomic E-state index is 14.3. The lowest BCUT2D eigenvalue weighted by molar-refractivity contribution is -0.176. The van der Waals surface area contributed by atoms with E-state index < -0.39 is 118 Å². The molecule has 1 aromatic heterocycles. The number of cyclic esters (lactones) is 2. The predicted molar refractivity (Wildman–Crippen MR) is 158 cm³/mol. The molecule has 1 aliphatic rings. The van der Waals surface area contributed by atoms with Crippen molar-refractivity contribution < 1.29 is 69.6 Å². The molecule has 0 unspecified atom stereocenters. The van der Waals surface area contributed by atoms with Crippen LogP contribution in [0.3, 0.4) is 0 Å². The smallest absolute Gasteiger partial charge is 0.349 e. The third-order valence-corrected chi connectivity index (χ3v) is 7.38. The van der Waals surface area contributed by atoms with Gasteiger partial charge in [-0.2, -0.15) is 0 Å². The number of aromatic nitrogens is 1. The van der Waals surface area contributed by atoms with Gasteiger partial charge in [0.15, 0.2) is 46.9 Å². The monoisotopic (exact) mass is 708 g/mol. The van der Waals surface area contributed by atoms with Crippen LogP contribution in [0.25, 0.3) is 0 Å². The summed E-state index contributed by atoms with van der Waals surface area (Å²) >= 11 is 0. The van der Waals surface area contributed by atoms with Gasteiger partial charge in [-0.05, 0) is 18.9 Å². The molecule has 2 heterocycles. The number of esters is 4. The van der Waals surface area contributed by atoms with E-state index in [1.165, 1.54) is 6.92 Å². The number of benzene rings is 2. The number of nitrogens with one attached hydrogen (secondary N) is 1. The molecule has 50 heavy (non-hydrogen) atoms. The lowest BCUT2D eigenvalue weighted by Gasteiger charge is -2.29. The average molecular weight is 709 g/mol. The van der Waals surface area contributed by atoms with Crippen molar-refractivity contribution in [2.24, 2.45) is 11.8 Å². The molecule has 1 N–H and O–H groups in total. The summed E-state index contributed by atoms with van der Waals surface area (Å²) in [5.41, 5.74) is -2.17. The first-order valence-corrected chi connectivity index (χ1v) is 14.8. The van der Waals surface area contributed by atoms with E-state index in [4.69, 9.17) is 23.7 Å². The molecule has 1 aliphatic heterocycles. The lowest BCUT2D eigenvalue weighted by Crippen LogP contribution is -2.47. The van der Waals surface area contributed by atoms with Crippen molar-refractivity contribution >= 4 is 29.8 Å². The van der Waals surface area contributed by atoms with Crippen molar-refractivity contribution in [1.29, 1.82) is 0 Å². The Kier molecular flexibility index (Phi) is 11.7. The van der Waals surface area contributed by atoms with E-state index >= 15 is 0 Å². The zero-order valence-corrected chi connectivity index (χ0v) is 26.8. The van der Waals surface area contributed by atoms with Crippen LogP contribution in [-0.4, -0.2) is 66.7 Å². The third kappa shape index (κ3) is 7.98. The van der Waals surface area contributed by atoms with Crippen molar-refractivity contribution in [2.75, 3.05) is 13.7 Å². The Morgan fingerprint density at radius 1 is 0.940 bits per heavy atom. The van der Waals surface area contributed by atoms with Crippen LogP contribution in [0.2, 0.25) is 0 Å². The highest BCUT2D eigenvalue weighted by Gasteiger charge is 2.42. The average Bonchev–Trinajstić information content (AvgIpc) is 3.12. The van der Waals surface area contributed by atoms with Crippen LogP contribution < -0.4 is 14.8 Å². The molecule has 266 valence electrons. The zero-order valence-electron chi connectivity index (χ0n) is 26.8. The van der Waals surface area contributed by atoms with Crippen molar-refractivity contribution in [3.8, 4) is 11.5 Å². The van der Waals surface area contributed by atoms with E-state index in [-0.39, 0.29) is 6.42 Å². The fourth-order valence-corrected chi connectivity index (χ4v) is 4.76. The van der Waals surface area contributed by atoms with Crippen LogP contribution in [0, 0.1) is 40.9 Å². The number of hydrogen-bond donors (Lipinski definition) is 1. The number of rotatable bonds is 9. The fourth-order valence-electron chi connectivity index (χ4n) is 4.76. The van der Waals surface area contributed by atoms with Crippen molar-refractivity contribution in [3.63, 3.8) is 0 Å². The van der Waals surface area contributed by atoms with Crippen molar-refractivity contribution in [2.45, 2.75) is 45.4 Å². The van der Waals surface area contributed by atoms with Gasteiger partial charge in [-0.15, -0.1) is 0 Å². The second-order valence-corrected chi connectivity index (χ2v) is 11.2. The molecule has 4 atom stereocenters. The molecule has 2 aromatic carbocycles. The molecule has 12 nitrogen and oxygen atoms in total. The molecule has 17 heteroatoms. The highest BCUT2D eigenvalue weighted by molar-refractivity contribution is 6.00. The summed E-state index contributed by atoms with van der Waals surface area (Å²) in [5.74, 6) is -21.8. The van der Waals surface area contributed by atoms with Gasteiger partial charge in [0, 0.05) is 12.3 Å². The third-order valence-electron chi connectivity index (χ3n) is 7.38. The van der Waals surface area contributed by atoms with Gasteiger partial charge in [-0.3, -0.25) is 14.4 Å². The van der Waals surface area contributed by atoms with E-state index in [0.717, 1.165) is 19.4 Å². The first-order valence-electron chi connectivity index (χ1n) is 14.8. The van der Waals surface area contributed by atoms with Gasteiger partial charge in [-0.1, -0.05) is 44.2 Å². The highest BCUT2D eigenvalue weighted by Crippen LogP contribution is 2.32. The van der Waals surface area contributed by atoms with Crippen LogP contribution in [0.4, 0.5) is 22.0 Å². The van der Waals surface area contributed by atoms with Gasteiger partial charge < -0.3 is 29.0 Å². The Labute approximate surface area is 280 Å². The number of pyridine rings is 1. The summed E-state index contributed by atoms with van der Waals surface area (Å²) in [6, 6.07) is 7.92. The van der Waals surface area contributed by atoms with Gasteiger partial charge in [0.1, 0.15) is 24.2 Å². The molecule has 1 saturated heterocycles. The van der Waals surface area contributed by atoms with E-state index in [1.54, 1.807) is 44.2 Å². The lowest BCUT2D eigenvalue weighted by atomic mass is 9.91. The number of carbonyl (C=O) groups is 5. The number of ether oxygens (including phenoxy) is 5. The van der Waals surface area contributed by atoms with Gasteiger partial charge in [0.2, 0.25) is 11.6 Å². The molecule has 0 aliphatic carbocycles. The largest absolute Gasteiger partial charge is 0.493 e. The van der Waals surface area contributed by atoms with E-state index in [0.29, 0.717) is 5.56 Å².